The second kappa shape index (κ2) is 13.5. The summed E-state index contributed by atoms with van der Waals surface area (Å²) in [7, 11) is -0.813. The van der Waals surface area contributed by atoms with Crippen LogP contribution in [0.15, 0.2) is 59.5 Å². The number of hydrogen-bond donors (Lipinski definition) is 4. The van der Waals surface area contributed by atoms with E-state index >= 15 is 0 Å². The average molecular weight is 639 g/mol. The molecular formula is C32H38N4O8S. The van der Waals surface area contributed by atoms with Crippen molar-refractivity contribution in [3.8, 4) is 11.5 Å². The van der Waals surface area contributed by atoms with Gasteiger partial charge in [0.25, 0.3) is 0 Å². The number of rotatable bonds is 11. The van der Waals surface area contributed by atoms with Gasteiger partial charge in [-0.1, -0.05) is 12.1 Å². The van der Waals surface area contributed by atoms with Crippen LogP contribution in [0.25, 0.3) is 0 Å². The lowest BCUT2D eigenvalue weighted by Crippen LogP contribution is -2.38. The molecule has 3 aromatic rings. The molecule has 0 aromatic heterocycles. The second-order valence-corrected chi connectivity index (χ2v) is 13.5. The summed E-state index contributed by atoms with van der Waals surface area (Å²) >= 11 is 0. The molecule has 1 aliphatic heterocycles. The molecule has 3 amide bonds. The van der Waals surface area contributed by atoms with Gasteiger partial charge >= 0.3 is 6.09 Å². The van der Waals surface area contributed by atoms with Gasteiger partial charge in [0.15, 0.2) is 21.3 Å². The highest BCUT2D eigenvalue weighted by Gasteiger charge is 2.38. The van der Waals surface area contributed by atoms with Gasteiger partial charge in [-0.15, -0.1) is 0 Å². The van der Waals surface area contributed by atoms with Crippen LogP contribution < -0.4 is 25.8 Å². The van der Waals surface area contributed by atoms with Gasteiger partial charge in [0, 0.05) is 23.5 Å². The summed E-state index contributed by atoms with van der Waals surface area (Å²) in [5.41, 5.74) is 8.11. The van der Waals surface area contributed by atoms with Crippen molar-refractivity contribution in [3.63, 3.8) is 0 Å². The van der Waals surface area contributed by atoms with Gasteiger partial charge in [-0.3, -0.25) is 14.9 Å². The molecule has 2 atom stereocenters. The minimum absolute atomic E-state index is 0.0405. The van der Waals surface area contributed by atoms with E-state index in [0.29, 0.717) is 47.7 Å². The zero-order valence-electron chi connectivity index (χ0n) is 25.8. The van der Waals surface area contributed by atoms with Crippen molar-refractivity contribution in [2.24, 2.45) is 5.73 Å². The van der Waals surface area contributed by atoms with Gasteiger partial charge < -0.3 is 30.5 Å². The normalized spacial score (nSPS) is 15.4. The first-order chi connectivity index (χ1) is 21.3. The maximum absolute atomic E-state index is 14.6. The fourth-order valence-electron chi connectivity index (χ4n) is 5.45. The van der Waals surface area contributed by atoms with Crippen LogP contribution in [0.1, 0.15) is 65.8 Å². The SMILES string of the molecule is COc1ccc(C(Nc2cc(C(N)=O)ccc2C)C(=O)N2CCCC2c2cc(NC(=O)O)ccc2S(=O)(=O)C(C)C)cc1OC. The fourth-order valence-corrected chi connectivity index (χ4v) is 6.74. The predicted octanol–water partition coefficient (Wildman–Crippen LogP) is 4.90. The predicted molar refractivity (Wildman–Crippen MR) is 170 cm³/mol. The summed E-state index contributed by atoms with van der Waals surface area (Å²) < 4.78 is 37.8. The van der Waals surface area contributed by atoms with E-state index in [0.717, 1.165) is 5.56 Å². The number of benzene rings is 3. The third-order valence-electron chi connectivity index (χ3n) is 7.89. The molecule has 0 bridgehead atoms. The number of primary amides is 1. The number of carbonyl (C=O) groups is 3. The summed E-state index contributed by atoms with van der Waals surface area (Å²) in [5.74, 6) is -0.129. The van der Waals surface area contributed by atoms with Crippen LogP contribution in [-0.2, 0) is 14.6 Å². The highest BCUT2D eigenvalue weighted by Crippen LogP contribution is 2.41. The summed E-state index contributed by atoms with van der Waals surface area (Å²) in [6.45, 7) is 5.29. The molecule has 13 heteroatoms. The molecule has 12 nitrogen and oxygen atoms in total. The van der Waals surface area contributed by atoms with E-state index in [4.69, 9.17) is 15.2 Å². The molecule has 1 saturated heterocycles. The lowest BCUT2D eigenvalue weighted by Gasteiger charge is -2.32. The number of nitrogens with zero attached hydrogens (tertiary/aromatic N) is 1. The molecule has 0 saturated carbocycles. The van der Waals surface area contributed by atoms with E-state index in [2.05, 4.69) is 10.6 Å². The quantitative estimate of drug-likeness (QED) is 0.227. The van der Waals surface area contributed by atoms with Crippen LogP contribution in [-0.4, -0.2) is 62.3 Å². The number of methoxy groups -OCH3 is 2. The number of ether oxygens (including phenoxy) is 2. The van der Waals surface area contributed by atoms with E-state index < -0.39 is 39.2 Å². The van der Waals surface area contributed by atoms with Gasteiger partial charge in [-0.2, -0.15) is 0 Å². The molecule has 240 valence electrons. The minimum Gasteiger partial charge on any atom is -0.493 e. The van der Waals surface area contributed by atoms with Crippen LogP contribution in [0.4, 0.5) is 16.2 Å². The summed E-state index contributed by atoms with van der Waals surface area (Å²) in [4.78, 5) is 39.7. The van der Waals surface area contributed by atoms with Crippen LogP contribution in [0, 0.1) is 6.92 Å². The van der Waals surface area contributed by atoms with Gasteiger partial charge in [0.2, 0.25) is 11.8 Å². The molecule has 1 aliphatic rings. The maximum atomic E-state index is 14.6. The van der Waals surface area contributed by atoms with Crippen LogP contribution >= 0.6 is 0 Å². The molecule has 5 N–H and O–H groups in total. The summed E-state index contributed by atoms with van der Waals surface area (Å²) in [6.07, 6.45) is -0.258. The van der Waals surface area contributed by atoms with Crippen molar-refractivity contribution in [1.82, 2.24) is 4.90 Å². The topological polar surface area (TPSA) is 177 Å². The lowest BCUT2D eigenvalue weighted by molar-refractivity contribution is -0.133. The first-order valence-electron chi connectivity index (χ1n) is 14.4. The van der Waals surface area contributed by atoms with E-state index in [1.54, 1.807) is 55.1 Å². The molecule has 4 rings (SSSR count). The number of amides is 3. The average Bonchev–Trinajstić information content (AvgIpc) is 3.49. The Morgan fingerprint density at radius 3 is 2.33 bits per heavy atom. The van der Waals surface area contributed by atoms with E-state index in [-0.39, 0.29) is 22.1 Å². The van der Waals surface area contributed by atoms with Gasteiger partial charge in [-0.25, -0.2) is 13.2 Å². The Bertz CT molecular complexity index is 1720. The number of hydrogen-bond acceptors (Lipinski definition) is 8. The highest BCUT2D eigenvalue weighted by molar-refractivity contribution is 7.92. The Labute approximate surface area is 262 Å². The number of sulfone groups is 1. The van der Waals surface area contributed by atoms with Gasteiger partial charge in [0.05, 0.1) is 30.4 Å². The van der Waals surface area contributed by atoms with E-state index in [1.165, 1.54) is 32.4 Å². The Hall–Kier alpha value is -4.78. The third-order valence-corrected chi connectivity index (χ3v) is 10.1. The monoisotopic (exact) mass is 638 g/mol. The van der Waals surface area contributed by atoms with Crippen molar-refractivity contribution in [1.29, 1.82) is 0 Å². The van der Waals surface area contributed by atoms with E-state index in [9.17, 15) is 27.9 Å². The molecular weight excluding hydrogens is 600 g/mol. The molecule has 0 aliphatic carbocycles. The Balaban J connectivity index is 1.85. The first-order valence-corrected chi connectivity index (χ1v) is 15.9. The van der Waals surface area contributed by atoms with Crippen molar-refractivity contribution in [2.75, 3.05) is 31.4 Å². The number of nitrogens with two attached hydrogens (primary N) is 1. The number of anilines is 2. The summed E-state index contributed by atoms with van der Waals surface area (Å²) in [6, 6.07) is 12.6. The number of carboxylic acid groups (broad SMARTS) is 1. The maximum Gasteiger partial charge on any atom is 0.409 e. The standard InChI is InChI=1S/C32H38N4O8S/c1-18(2)45(41,42)28-13-11-22(34-32(39)40)17-23(28)25-7-6-14-36(25)31(38)29(20-10-12-26(43-4)27(16-20)44-5)35-24-15-21(30(33)37)9-8-19(24)3/h8-13,15-18,25,29,34-35H,6-7,14H2,1-5H3,(H2,33,37)(H,39,40). The fraction of sp³-hybridized carbons (Fsp3) is 0.344. The largest absolute Gasteiger partial charge is 0.493 e. The Kier molecular flexibility index (Phi) is 9.91. The minimum atomic E-state index is -3.80. The number of likely N-dealkylation sites (tertiary alicyclic amines) is 1. The first kappa shape index (κ1) is 33.1. The van der Waals surface area contributed by atoms with Gasteiger partial charge in [-0.05, 0) is 92.8 Å². The highest BCUT2D eigenvalue weighted by atomic mass is 32.2. The third kappa shape index (κ3) is 6.98. The molecule has 3 aromatic carbocycles. The van der Waals surface area contributed by atoms with Crippen molar-refractivity contribution < 1.29 is 37.4 Å². The molecule has 45 heavy (non-hydrogen) atoms. The molecule has 0 radical (unpaired) electrons. The van der Waals surface area contributed by atoms with Crippen molar-refractivity contribution >= 4 is 39.1 Å². The van der Waals surface area contributed by atoms with Crippen LogP contribution in [0.2, 0.25) is 0 Å². The molecule has 1 fully saturated rings. The smallest absolute Gasteiger partial charge is 0.409 e. The van der Waals surface area contributed by atoms with Gasteiger partial charge in [0.1, 0.15) is 6.04 Å². The Morgan fingerprint density at radius 2 is 1.71 bits per heavy atom. The Morgan fingerprint density at radius 1 is 1.00 bits per heavy atom. The second-order valence-electron chi connectivity index (χ2n) is 11.1. The molecule has 1 heterocycles. The zero-order valence-corrected chi connectivity index (χ0v) is 26.6. The van der Waals surface area contributed by atoms with Crippen molar-refractivity contribution in [2.45, 2.75) is 55.8 Å². The number of aryl methyl sites for hydroxylation is 1. The van der Waals surface area contributed by atoms with Crippen LogP contribution in [0.5, 0.6) is 11.5 Å². The number of carbonyl (C=O) groups excluding carboxylic acids is 2. The lowest BCUT2D eigenvalue weighted by atomic mass is 10.00. The zero-order chi connectivity index (χ0) is 33.1. The number of nitrogens with one attached hydrogen (secondary N) is 2. The van der Waals surface area contributed by atoms with E-state index in [1.807, 2.05) is 6.92 Å². The van der Waals surface area contributed by atoms with Crippen LogP contribution in [0.3, 0.4) is 0 Å². The molecule has 0 spiro atoms. The summed E-state index contributed by atoms with van der Waals surface area (Å²) in [5, 5.41) is 14.2. The molecule has 2 unspecified atom stereocenters. The van der Waals surface area contributed by atoms with Crippen molar-refractivity contribution in [3.05, 3.63) is 76.9 Å².